The van der Waals surface area contributed by atoms with E-state index in [0.717, 1.165) is 17.5 Å². The number of hydrogen-bond acceptors (Lipinski definition) is 1. The van der Waals surface area contributed by atoms with Crippen LogP contribution in [0.5, 0.6) is 0 Å². The summed E-state index contributed by atoms with van der Waals surface area (Å²) in [5.74, 6) is 0.240. The van der Waals surface area contributed by atoms with E-state index in [1.54, 1.807) is 0 Å². The quantitative estimate of drug-likeness (QED) is 0.707. The van der Waals surface area contributed by atoms with Crippen molar-refractivity contribution in [2.24, 2.45) is 5.92 Å². The van der Waals surface area contributed by atoms with Crippen LogP contribution in [0.25, 0.3) is 11.1 Å². The largest absolute Gasteiger partial charge is 0.294 e. The third-order valence-corrected chi connectivity index (χ3v) is 3.72. The lowest BCUT2D eigenvalue weighted by Crippen LogP contribution is -2.07. The molecule has 0 fully saturated rings. The van der Waals surface area contributed by atoms with Gasteiger partial charge in [0.15, 0.2) is 5.78 Å². The maximum atomic E-state index is 12.1. The molecule has 0 aromatic heterocycles. The Balaban J connectivity index is 2.44. The molecule has 104 valence electrons. The molecule has 0 unspecified atom stereocenters. The van der Waals surface area contributed by atoms with Gasteiger partial charge in [-0.25, -0.2) is 0 Å². The van der Waals surface area contributed by atoms with E-state index >= 15 is 0 Å². The Labute approximate surface area is 121 Å². The Morgan fingerprint density at radius 2 is 1.70 bits per heavy atom. The third kappa shape index (κ3) is 2.98. The van der Waals surface area contributed by atoms with Gasteiger partial charge in [-0.1, -0.05) is 57.2 Å². The highest BCUT2D eigenvalue weighted by Crippen LogP contribution is 2.26. The van der Waals surface area contributed by atoms with Crippen LogP contribution in [0, 0.1) is 12.8 Å². The minimum atomic E-state index is 0.0352. The topological polar surface area (TPSA) is 17.1 Å². The number of benzene rings is 2. The second-order valence-corrected chi connectivity index (χ2v) is 5.60. The van der Waals surface area contributed by atoms with Crippen molar-refractivity contribution < 1.29 is 4.79 Å². The van der Waals surface area contributed by atoms with E-state index in [2.05, 4.69) is 38.1 Å². The summed E-state index contributed by atoms with van der Waals surface area (Å²) in [6.45, 7) is 8.13. The average molecular weight is 266 g/mol. The summed E-state index contributed by atoms with van der Waals surface area (Å²) in [5.41, 5.74) is 5.67. The van der Waals surface area contributed by atoms with E-state index in [9.17, 15) is 4.79 Å². The molecule has 0 radical (unpaired) electrons. The normalized spacial score (nSPS) is 10.8. The molecule has 1 heteroatoms. The van der Waals surface area contributed by atoms with E-state index in [1.807, 2.05) is 32.0 Å². The molecule has 0 heterocycles. The molecule has 0 atom stereocenters. The van der Waals surface area contributed by atoms with Crippen LogP contribution in [0.4, 0.5) is 0 Å². The predicted octanol–water partition coefficient (Wildman–Crippen LogP) is 5.06. The molecule has 2 aromatic carbocycles. The van der Waals surface area contributed by atoms with Gasteiger partial charge in [0.25, 0.3) is 0 Å². The van der Waals surface area contributed by atoms with Crippen LogP contribution in [0.2, 0.25) is 0 Å². The Morgan fingerprint density at radius 1 is 1.05 bits per heavy atom. The Hall–Kier alpha value is -1.89. The van der Waals surface area contributed by atoms with E-state index in [-0.39, 0.29) is 11.7 Å². The van der Waals surface area contributed by atoms with Crippen molar-refractivity contribution in [2.75, 3.05) is 0 Å². The van der Waals surface area contributed by atoms with Crippen molar-refractivity contribution >= 4 is 5.78 Å². The lowest BCUT2D eigenvalue weighted by Gasteiger charge is -2.11. The van der Waals surface area contributed by atoms with Crippen LogP contribution in [0.15, 0.2) is 42.5 Å². The molecule has 0 saturated heterocycles. The second-order valence-electron chi connectivity index (χ2n) is 5.60. The van der Waals surface area contributed by atoms with E-state index in [1.165, 1.54) is 16.7 Å². The highest BCUT2D eigenvalue weighted by Gasteiger charge is 2.12. The van der Waals surface area contributed by atoms with Gasteiger partial charge in [0.2, 0.25) is 0 Å². The number of carbonyl (C=O) groups excluding carboxylic acids is 1. The summed E-state index contributed by atoms with van der Waals surface area (Å²) in [5, 5.41) is 0. The molecule has 0 amide bonds. The Bertz CT molecular complexity index is 606. The van der Waals surface area contributed by atoms with Crippen LogP contribution in [-0.4, -0.2) is 5.78 Å². The van der Waals surface area contributed by atoms with Gasteiger partial charge in [-0.05, 0) is 41.7 Å². The predicted molar refractivity (Wildman–Crippen MR) is 85.2 cm³/mol. The van der Waals surface area contributed by atoms with Crippen molar-refractivity contribution in [1.82, 2.24) is 0 Å². The molecule has 0 aliphatic heterocycles. The highest BCUT2D eigenvalue weighted by atomic mass is 16.1. The summed E-state index contributed by atoms with van der Waals surface area (Å²) in [7, 11) is 0. The number of Topliss-reactive ketones (excluding diaryl/α,β-unsaturated/α-hetero) is 1. The van der Waals surface area contributed by atoms with Crippen molar-refractivity contribution in [3.63, 3.8) is 0 Å². The Kier molecular flexibility index (Phi) is 4.39. The van der Waals surface area contributed by atoms with Gasteiger partial charge in [0, 0.05) is 11.5 Å². The van der Waals surface area contributed by atoms with Gasteiger partial charge in [-0.2, -0.15) is 0 Å². The van der Waals surface area contributed by atoms with Crippen LogP contribution in [0.1, 0.15) is 42.3 Å². The van der Waals surface area contributed by atoms with Gasteiger partial charge in [0.05, 0.1) is 0 Å². The maximum absolute atomic E-state index is 12.1. The fraction of sp³-hybridized carbons (Fsp3) is 0.316. The first-order valence-electron chi connectivity index (χ1n) is 7.27. The first-order valence-corrected chi connectivity index (χ1v) is 7.27. The van der Waals surface area contributed by atoms with Gasteiger partial charge in [-0.3, -0.25) is 4.79 Å². The molecule has 0 aliphatic rings. The molecule has 0 saturated carbocycles. The summed E-state index contributed by atoms with van der Waals surface area (Å²) < 4.78 is 0. The van der Waals surface area contributed by atoms with Crippen molar-refractivity contribution in [3.05, 3.63) is 59.2 Å². The summed E-state index contributed by atoms with van der Waals surface area (Å²) >= 11 is 0. The zero-order valence-electron chi connectivity index (χ0n) is 12.7. The smallest absolute Gasteiger partial charge is 0.165 e. The molecular weight excluding hydrogens is 244 g/mol. The minimum absolute atomic E-state index is 0.0352. The lowest BCUT2D eigenvalue weighted by molar-refractivity contribution is 0.0939. The first kappa shape index (κ1) is 14.5. The average Bonchev–Trinajstić information content (AvgIpc) is 2.47. The van der Waals surface area contributed by atoms with Crippen LogP contribution >= 0.6 is 0 Å². The number of aryl methyl sites for hydroxylation is 2. The van der Waals surface area contributed by atoms with Crippen molar-refractivity contribution in [1.29, 1.82) is 0 Å². The van der Waals surface area contributed by atoms with Crippen molar-refractivity contribution in [2.45, 2.75) is 34.1 Å². The molecule has 1 nitrogen and oxygen atoms in total. The monoisotopic (exact) mass is 266 g/mol. The summed E-state index contributed by atoms with van der Waals surface area (Å²) in [4.78, 5) is 12.1. The van der Waals surface area contributed by atoms with E-state index in [4.69, 9.17) is 0 Å². The maximum Gasteiger partial charge on any atom is 0.165 e. The molecular formula is C19H22O. The number of rotatable bonds is 4. The van der Waals surface area contributed by atoms with Gasteiger partial charge in [-0.15, -0.1) is 0 Å². The second kappa shape index (κ2) is 6.04. The number of ketones is 1. The van der Waals surface area contributed by atoms with Gasteiger partial charge >= 0.3 is 0 Å². The van der Waals surface area contributed by atoms with Gasteiger partial charge in [0.1, 0.15) is 0 Å². The molecule has 0 bridgehead atoms. The molecule has 20 heavy (non-hydrogen) atoms. The molecule has 2 rings (SSSR count). The van der Waals surface area contributed by atoms with Crippen LogP contribution < -0.4 is 0 Å². The third-order valence-electron chi connectivity index (χ3n) is 3.72. The van der Waals surface area contributed by atoms with Crippen molar-refractivity contribution in [3.8, 4) is 11.1 Å². The van der Waals surface area contributed by atoms with E-state index < -0.39 is 0 Å². The molecule has 0 spiro atoms. The van der Waals surface area contributed by atoms with E-state index in [0.29, 0.717) is 0 Å². The SMILES string of the molecule is CCc1ccc(-c2cc(C(=O)C(C)C)ccc2C)cc1. The Morgan fingerprint density at radius 3 is 2.25 bits per heavy atom. The number of hydrogen-bond donors (Lipinski definition) is 0. The zero-order valence-corrected chi connectivity index (χ0v) is 12.7. The van der Waals surface area contributed by atoms with Crippen LogP contribution in [-0.2, 0) is 6.42 Å². The fourth-order valence-corrected chi connectivity index (χ4v) is 2.34. The van der Waals surface area contributed by atoms with Crippen LogP contribution in [0.3, 0.4) is 0 Å². The standard InChI is InChI=1S/C19H22O/c1-5-15-7-10-16(11-8-15)18-12-17(9-6-14(18)4)19(20)13(2)3/h6-13H,5H2,1-4H3. The minimum Gasteiger partial charge on any atom is -0.294 e. The molecule has 0 N–H and O–H groups in total. The summed E-state index contributed by atoms with van der Waals surface area (Å²) in [6.07, 6.45) is 1.05. The molecule has 0 aliphatic carbocycles. The highest BCUT2D eigenvalue weighted by molar-refractivity contribution is 5.98. The first-order chi connectivity index (χ1) is 9.52. The molecule has 2 aromatic rings. The number of carbonyl (C=O) groups is 1. The van der Waals surface area contributed by atoms with Gasteiger partial charge < -0.3 is 0 Å². The lowest BCUT2D eigenvalue weighted by atomic mass is 9.93. The zero-order chi connectivity index (χ0) is 14.7. The fourth-order valence-electron chi connectivity index (χ4n) is 2.34. The summed E-state index contributed by atoms with van der Waals surface area (Å²) in [6, 6.07) is 14.6.